The van der Waals surface area contributed by atoms with Crippen molar-refractivity contribution >= 4 is 0 Å². The molecule has 0 aromatic heterocycles. The molecule has 4 heteroatoms. The van der Waals surface area contributed by atoms with Gasteiger partial charge in [-0.25, -0.2) is 0 Å². The minimum atomic E-state index is -0.987. The van der Waals surface area contributed by atoms with Gasteiger partial charge in [-0.3, -0.25) is 4.90 Å². The number of ether oxygens (including phenoxy) is 1. The van der Waals surface area contributed by atoms with Gasteiger partial charge in [0.05, 0.1) is 18.8 Å². The zero-order valence-corrected chi connectivity index (χ0v) is 18.3. The van der Waals surface area contributed by atoms with E-state index in [9.17, 15) is 10.2 Å². The maximum Gasteiger partial charge on any atom is 0.115 e. The van der Waals surface area contributed by atoms with E-state index in [2.05, 4.69) is 36.1 Å². The predicted molar refractivity (Wildman–Crippen MR) is 122 cm³/mol. The third-order valence-electron chi connectivity index (χ3n) is 6.35. The summed E-state index contributed by atoms with van der Waals surface area (Å²) in [5.41, 5.74) is 1.06. The molecule has 1 fully saturated rings. The zero-order chi connectivity index (χ0) is 21.2. The number of hydrogen-bond donors (Lipinski definition) is 2. The molecule has 2 aromatic rings. The molecule has 4 nitrogen and oxygen atoms in total. The van der Waals surface area contributed by atoms with Gasteiger partial charge in [0.15, 0.2) is 0 Å². The lowest BCUT2D eigenvalue weighted by Gasteiger charge is -2.41. The second-order valence-electron chi connectivity index (χ2n) is 8.51. The molecule has 0 bridgehead atoms. The zero-order valence-electron chi connectivity index (χ0n) is 18.3. The third kappa shape index (κ3) is 6.07. The summed E-state index contributed by atoms with van der Waals surface area (Å²) >= 11 is 0. The Kier molecular flexibility index (Phi) is 8.74. The summed E-state index contributed by atoms with van der Waals surface area (Å²) in [7, 11) is 0. The maximum atomic E-state index is 12.2. The highest BCUT2D eigenvalue weighted by atomic mass is 16.5. The van der Waals surface area contributed by atoms with Crippen molar-refractivity contribution in [3.63, 3.8) is 0 Å². The summed E-state index contributed by atoms with van der Waals surface area (Å²) in [4.78, 5) is 2.41. The van der Waals surface area contributed by atoms with E-state index in [1.54, 1.807) is 12.1 Å². The molecule has 1 aliphatic heterocycles. The van der Waals surface area contributed by atoms with Gasteiger partial charge in [0.2, 0.25) is 0 Å². The van der Waals surface area contributed by atoms with Gasteiger partial charge in [-0.1, -0.05) is 81.5 Å². The smallest absolute Gasteiger partial charge is 0.115 e. The van der Waals surface area contributed by atoms with Crippen LogP contribution in [0.2, 0.25) is 0 Å². The van der Waals surface area contributed by atoms with E-state index >= 15 is 0 Å². The van der Waals surface area contributed by atoms with Crippen LogP contribution in [0.25, 0.3) is 0 Å². The second kappa shape index (κ2) is 11.5. The average Bonchev–Trinajstić information content (AvgIpc) is 2.79. The predicted octanol–water partition coefficient (Wildman–Crippen LogP) is 5.06. The third-order valence-corrected chi connectivity index (χ3v) is 6.35. The molecule has 1 aliphatic rings. The molecule has 0 spiro atoms. The quantitative estimate of drug-likeness (QED) is 0.508. The lowest BCUT2D eigenvalue weighted by molar-refractivity contribution is -0.0296. The molecule has 0 amide bonds. The van der Waals surface area contributed by atoms with Gasteiger partial charge in [0.1, 0.15) is 5.75 Å². The van der Waals surface area contributed by atoms with E-state index < -0.39 is 5.60 Å². The topological polar surface area (TPSA) is 52.9 Å². The van der Waals surface area contributed by atoms with E-state index in [1.807, 2.05) is 18.2 Å². The van der Waals surface area contributed by atoms with Crippen molar-refractivity contribution in [1.29, 1.82) is 0 Å². The van der Waals surface area contributed by atoms with Crippen molar-refractivity contribution < 1.29 is 14.9 Å². The number of phenolic OH excluding ortho intramolecular Hbond substituents is 1. The van der Waals surface area contributed by atoms with E-state index in [1.165, 1.54) is 19.3 Å². The van der Waals surface area contributed by atoms with Crippen LogP contribution < -0.4 is 0 Å². The van der Waals surface area contributed by atoms with E-state index in [-0.39, 0.29) is 11.7 Å². The van der Waals surface area contributed by atoms with E-state index in [4.69, 9.17) is 4.74 Å². The van der Waals surface area contributed by atoms with Crippen molar-refractivity contribution in [2.75, 3.05) is 32.8 Å². The van der Waals surface area contributed by atoms with Crippen LogP contribution >= 0.6 is 0 Å². The maximum absolute atomic E-state index is 12.2. The summed E-state index contributed by atoms with van der Waals surface area (Å²) in [5, 5.41) is 22.0. The van der Waals surface area contributed by atoms with Gasteiger partial charge in [-0.2, -0.15) is 0 Å². The Hall–Kier alpha value is -1.88. The Morgan fingerprint density at radius 1 is 0.933 bits per heavy atom. The van der Waals surface area contributed by atoms with Crippen LogP contribution in [0.3, 0.4) is 0 Å². The summed E-state index contributed by atoms with van der Waals surface area (Å²) in [6.07, 6.45) is 6.50. The monoisotopic (exact) mass is 411 g/mol. The van der Waals surface area contributed by atoms with Crippen molar-refractivity contribution in [3.8, 4) is 5.75 Å². The Labute approximate surface area is 181 Å². The Bertz CT molecular complexity index is 728. The lowest BCUT2D eigenvalue weighted by Crippen LogP contribution is -2.45. The molecule has 0 aliphatic carbocycles. The lowest BCUT2D eigenvalue weighted by atomic mass is 9.74. The minimum Gasteiger partial charge on any atom is -0.508 e. The largest absolute Gasteiger partial charge is 0.508 e. The molecule has 164 valence electrons. The normalized spacial score (nSPS) is 18.1. The first-order chi connectivity index (χ1) is 14.6. The van der Waals surface area contributed by atoms with Gasteiger partial charge in [-0.05, 0) is 29.7 Å². The summed E-state index contributed by atoms with van der Waals surface area (Å²) < 4.78 is 5.54. The number of morpholine rings is 1. The van der Waals surface area contributed by atoms with Crippen LogP contribution in [0, 0.1) is 0 Å². The van der Waals surface area contributed by atoms with Gasteiger partial charge in [0, 0.05) is 25.6 Å². The van der Waals surface area contributed by atoms with Crippen LogP contribution in [-0.2, 0) is 10.3 Å². The van der Waals surface area contributed by atoms with Crippen LogP contribution in [-0.4, -0.2) is 48.0 Å². The molecular weight excluding hydrogens is 374 g/mol. The number of aromatic hydroxyl groups is 1. The number of rotatable bonds is 11. The molecule has 3 rings (SSSR count). The molecular formula is C26H37NO3. The molecule has 0 unspecified atom stereocenters. The summed E-state index contributed by atoms with van der Waals surface area (Å²) in [5.74, 6) is 0.181. The Morgan fingerprint density at radius 2 is 1.60 bits per heavy atom. The Balaban J connectivity index is 1.90. The summed E-state index contributed by atoms with van der Waals surface area (Å²) in [6.45, 7) is 6.30. The van der Waals surface area contributed by atoms with Crippen molar-refractivity contribution in [1.82, 2.24) is 4.90 Å². The van der Waals surface area contributed by atoms with Crippen LogP contribution in [0.15, 0.2) is 54.6 Å². The fourth-order valence-electron chi connectivity index (χ4n) is 4.53. The van der Waals surface area contributed by atoms with Crippen molar-refractivity contribution in [2.24, 2.45) is 0 Å². The highest BCUT2D eigenvalue weighted by Crippen LogP contribution is 2.42. The van der Waals surface area contributed by atoms with Crippen molar-refractivity contribution in [2.45, 2.75) is 57.0 Å². The number of aliphatic hydroxyl groups is 1. The highest BCUT2D eigenvalue weighted by Gasteiger charge is 2.40. The SMILES string of the molecule is CCCCCCC[C@@](O)(c1ccc(O)cc1)[C@@H](CN1CCOCC1)c1ccccc1. The average molecular weight is 412 g/mol. The van der Waals surface area contributed by atoms with Gasteiger partial charge >= 0.3 is 0 Å². The first kappa shape index (κ1) is 22.8. The summed E-state index contributed by atoms with van der Waals surface area (Å²) in [6, 6.07) is 17.6. The van der Waals surface area contributed by atoms with E-state index in [0.717, 1.165) is 56.8 Å². The fraction of sp³-hybridized carbons (Fsp3) is 0.538. The van der Waals surface area contributed by atoms with E-state index in [0.29, 0.717) is 6.42 Å². The first-order valence-corrected chi connectivity index (χ1v) is 11.5. The molecule has 1 heterocycles. The standard InChI is InChI=1S/C26H37NO3/c1-2-3-4-5-9-16-26(29,23-12-14-24(28)15-13-23)25(22-10-7-6-8-11-22)21-27-17-19-30-20-18-27/h6-8,10-15,25,28-29H,2-5,9,16-21H2,1H3/t25-,26+/m0/s1. The van der Waals surface area contributed by atoms with Crippen LogP contribution in [0.1, 0.15) is 62.5 Å². The molecule has 2 N–H and O–H groups in total. The fourth-order valence-corrected chi connectivity index (χ4v) is 4.53. The van der Waals surface area contributed by atoms with Gasteiger partial charge in [-0.15, -0.1) is 0 Å². The Morgan fingerprint density at radius 3 is 2.27 bits per heavy atom. The van der Waals surface area contributed by atoms with Crippen molar-refractivity contribution in [3.05, 3.63) is 65.7 Å². The number of hydrogen-bond acceptors (Lipinski definition) is 4. The molecule has 2 atom stereocenters. The molecule has 1 saturated heterocycles. The molecule has 0 radical (unpaired) electrons. The van der Waals surface area contributed by atoms with Gasteiger partial charge in [0.25, 0.3) is 0 Å². The number of benzene rings is 2. The first-order valence-electron chi connectivity index (χ1n) is 11.5. The number of unbranched alkanes of at least 4 members (excludes halogenated alkanes) is 4. The minimum absolute atomic E-state index is 0.0486. The van der Waals surface area contributed by atoms with Crippen LogP contribution in [0.5, 0.6) is 5.75 Å². The second-order valence-corrected chi connectivity index (χ2v) is 8.51. The van der Waals surface area contributed by atoms with Gasteiger partial charge < -0.3 is 14.9 Å². The number of nitrogens with zero attached hydrogens (tertiary/aromatic N) is 1. The van der Waals surface area contributed by atoms with Crippen LogP contribution in [0.4, 0.5) is 0 Å². The molecule has 30 heavy (non-hydrogen) atoms. The molecule has 2 aromatic carbocycles. The number of phenols is 1. The molecule has 0 saturated carbocycles. The highest BCUT2D eigenvalue weighted by molar-refractivity contribution is 5.35.